The van der Waals surface area contributed by atoms with Crippen molar-refractivity contribution in [3.63, 3.8) is 0 Å². The van der Waals surface area contributed by atoms with Crippen LogP contribution in [-0.2, 0) is 14.4 Å². The van der Waals surface area contributed by atoms with Crippen molar-refractivity contribution >= 4 is 35.0 Å². The van der Waals surface area contributed by atoms with Crippen LogP contribution in [0, 0.1) is 17.6 Å². The van der Waals surface area contributed by atoms with E-state index < -0.39 is 11.9 Å². The highest BCUT2D eigenvalue weighted by Gasteiger charge is 2.33. The maximum atomic E-state index is 15.2. The van der Waals surface area contributed by atoms with Crippen LogP contribution in [0.4, 0.5) is 26.1 Å². The number of piperidine rings is 1. The number of halogens is 2. The molecular formula is C43H49F2N9O4. The third kappa shape index (κ3) is 9.04. The third-order valence-corrected chi connectivity index (χ3v) is 12.1. The van der Waals surface area contributed by atoms with Crippen LogP contribution in [0.2, 0.25) is 0 Å². The predicted octanol–water partition coefficient (Wildman–Crippen LogP) is 5.01. The summed E-state index contributed by atoms with van der Waals surface area (Å²) in [7, 11) is 0. The molecule has 2 saturated heterocycles. The number of carbonyl (C=O) groups is 3. The highest BCUT2D eigenvalue weighted by molar-refractivity contribution is 6.01. The van der Waals surface area contributed by atoms with E-state index in [2.05, 4.69) is 41.0 Å². The molecule has 4 aromatic rings. The third-order valence-electron chi connectivity index (χ3n) is 12.1. The number of amides is 3. The van der Waals surface area contributed by atoms with Gasteiger partial charge in [0.15, 0.2) is 5.82 Å². The molecule has 304 valence electrons. The van der Waals surface area contributed by atoms with E-state index in [1.54, 1.807) is 54.7 Å². The SMILES string of the molecule is O=C1CC[C@@H](Nc2ccc(N3CCN(C4CCC(C(=O)NC5CCC(Nc6ncc(F)c(-c7cccc(-n8ccccc8=O)c7)n6)CC5)CC4)CC3)c(F)c2)C(=O)N1. The summed E-state index contributed by atoms with van der Waals surface area (Å²) in [5.74, 6) is -1.10. The van der Waals surface area contributed by atoms with Gasteiger partial charge in [-0.15, -0.1) is 0 Å². The summed E-state index contributed by atoms with van der Waals surface area (Å²) >= 11 is 0. The zero-order valence-electron chi connectivity index (χ0n) is 32.3. The van der Waals surface area contributed by atoms with Gasteiger partial charge in [-0.25, -0.2) is 18.7 Å². The number of hydrogen-bond donors (Lipinski definition) is 4. The van der Waals surface area contributed by atoms with Crippen LogP contribution >= 0.6 is 0 Å². The number of benzene rings is 2. The minimum atomic E-state index is -0.564. The first-order valence-corrected chi connectivity index (χ1v) is 20.4. The van der Waals surface area contributed by atoms with E-state index in [1.807, 2.05) is 0 Å². The summed E-state index contributed by atoms with van der Waals surface area (Å²) in [4.78, 5) is 62.5. The molecule has 2 aliphatic carbocycles. The van der Waals surface area contributed by atoms with Crippen molar-refractivity contribution in [3.05, 3.63) is 95.0 Å². The molecule has 4 aliphatic rings. The topological polar surface area (TPSA) is 154 Å². The monoisotopic (exact) mass is 793 g/mol. The fraction of sp³-hybridized carbons (Fsp3) is 0.442. The van der Waals surface area contributed by atoms with Crippen LogP contribution in [0.3, 0.4) is 0 Å². The van der Waals surface area contributed by atoms with Gasteiger partial charge in [0, 0.05) is 85.8 Å². The van der Waals surface area contributed by atoms with Crippen LogP contribution in [0.25, 0.3) is 16.9 Å². The van der Waals surface area contributed by atoms with Gasteiger partial charge in [-0.1, -0.05) is 18.2 Å². The highest BCUT2D eigenvalue weighted by Crippen LogP contribution is 2.32. The number of pyridine rings is 1. The van der Waals surface area contributed by atoms with Gasteiger partial charge in [0.05, 0.1) is 11.9 Å². The summed E-state index contributed by atoms with van der Waals surface area (Å²) in [6.45, 7) is 3.05. The molecule has 4 fully saturated rings. The standard InChI is InChI=1S/C43H49F2N9O4/c44-34-25-31(47-36-16-18-38(55)50-42(36)58)13-17-37(34)53-22-20-52(21-23-53)32-14-7-27(8-15-32)41(57)48-29-9-11-30(12-10-29)49-43-46-26-35(45)40(51-43)28-4-3-5-33(24-28)54-19-2-1-6-39(54)56/h1-6,13,17,19,24-27,29-30,32,36,47H,7-12,14-16,18,20-23H2,(H,48,57)(H,46,49,51)(H,50,55,58)/t27?,29?,30?,32?,36-/m1/s1. The summed E-state index contributed by atoms with van der Waals surface area (Å²) in [6.07, 6.45) is 10.4. The Kier molecular flexibility index (Phi) is 11.8. The molecule has 13 nitrogen and oxygen atoms in total. The fourth-order valence-corrected chi connectivity index (χ4v) is 8.88. The Balaban J connectivity index is 0.760. The maximum absolute atomic E-state index is 15.2. The van der Waals surface area contributed by atoms with Gasteiger partial charge in [0.2, 0.25) is 23.7 Å². The molecule has 0 spiro atoms. The molecule has 2 saturated carbocycles. The maximum Gasteiger partial charge on any atom is 0.255 e. The largest absolute Gasteiger partial charge is 0.374 e. The van der Waals surface area contributed by atoms with Crippen LogP contribution in [0.1, 0.15) is 64.2 Å². The molecule has 0 radical (unpaired) electrons. The molecule has 0 unspecified atom stereocenters. The fourth-order valence-electron chi connectivity index (χ4n) is 8.88. The zero-order valence-corrected chi connectivity index (χ0v) is 32.3. The lowest BCUT2D eigenvalue weighted by Gasteiger charge is -2.42. The number of nitrogens with zero attached hydrogens (tertiary/aromatic N) is 5. The molecule has 8 rings (SSSR count). The summed E-state index contributed by atoms with van der Waals surface area (Å²) < 4.78 is 31.7. The minimum Gasteiger partial charge on any atom is -0.374 e. The number of nitrogens with one attached hydrogen (secondary N) is 4. The molecule has 2 aromatic carbocycles. The van der Waals surface area contributed by atoms with E-state index in [0.29, 0.717) is 54.1 Å². The first-order valence-electron chi connectivity index (χ1n) is 20.4. The van der Waals surface area contributed by atoms with Crippen LogP contribution in [0.15, 0.2) is 77.9 Å². The first kappa shape index (κ1) is 39.1. The summed E-state index contributed by atoms with van der Waals surface area (Å²) in [6, 6.07) is 16.9. The van der Waals surface area contributed by atoms with E-state index in [1.165, 1.54) is 22.9 Å². The molecule has 2 aromatic heterocycles. The molecule has 4 N–H and O–H groups in total. The van der Waals surface area contributed by atoms with Gasteiger partial charge in [-0.2, -0.15) is 0 Å². The van der Waals surface area contributed by atoms with Gasteiger partial charge in [-0.3, -0.25) is 34.0 Å². The van der Waals surface area contributed by atoms with E-state index in [-0.39, 0.29) is 59.2 Å². The Labute approximate surface area is 335 Å². The van der Waals surface area contributed by atoms with Crippen molar-refractivity contribution in [2.75, 3.05) is 41.7 Å². The molecular weight excluding hydrogens is 745 g/mol. The summed E-state index contributed by atoms with van der Waals surface area (Å²) in [5.41, 5.74) is 2.17. The number of aromatic nitrogens is 3. The van der Waals surface area contributed by atoms with E-state index >= 15 is 4.39 Å². The normalized spacial score (nSPS) is 24.2. The van der Waals surface area contributed by atoms with Crippen molar-refractivity contribution in [2.45, 2.75) is 88.4 Å². The number of piperazine rings is 1. The predicted molar refractivity (Wildman–Crippen MR) is 217 cm³/mol. The van der Waals surface area contributed by atoms with Crippen molar-refractivity contribution in [2.24, 2.45) is 5.92 Å². The lowest BCUT2D eigenvalue weighted by atomic mass is 9.83. The first-order chi connectivity index (χ1) is 28.2. The Morgan fingerprint density at radius 2 is 1.55 bits per heavy atom. The second-order valence-corrected chi connectivity index (χ2v) is 15.9. The molecule has 2 aliphatic heterocycles. The van der Waals surface area contributed by atoms with Gasteiger partial charge in [0.25, 0.3) is 5.56 Å². The molecule has 0 bridgehead atoms. The van der Waals surface area contributed by atoms with E-state index in [0.717, 1.165) is 64.5 Å². The lowest BCUT2D eigenvalue weighted by Crippen LogP contribution is -2.52. The molecule has 4 heterocycles. The van der Waals surface area contributed by atoms with Crippen molar-refractivity contribution in [1.82, 2.24) is 30.1 Å². The number of anilines is 3. The Bertz CT molecular complexity index is 2190. The highest BCUT2D eigenvalue weighted by atomic mass is 19.1. The molecule has 15 heteroatoms. The number of hydrogen-bond acceptors (Lipinski definition) is 10. The number of carbonyl (C=O) groups excluding carboxylic acids is 3. The second kappa shape index (κ2) is 17.4. The average Bonchev–Trinajstić information content (AvgIpc) is 3.24. The van der Waals surface area contributed by atoms with Crippen LogP contribution in [-0.4, -0.2) is 87.5 Å². The van der Waals surface area contributed by atoms with Crippen LogP contribution in [0.5, 0.6) is 0 Å². The molecule has 3 amide bonds. The number of rotatable bonds is 10. The zero-order chi connectivity index (χ0) is 40.2. The molecule has 1 atom stereocenters. The van der Waals surface area contributed by atoms with Crippen molar-refractivity contribution < 1.29 is 23.2 Å². The van der Waals surface area contributed by atoms with E-state index in [9.17, 15) is 23.6 Å². The average molecular weight is 794 g/mol. The van der Waals surface area contributed by atoms with Crippen molar-refractivity contribution in [3.8, 4) is 16.9 Å². The Morgan fingerprint density at radius 3 is 2.29 bits per heavy atom. The molecule has 58 heavy (non-hydrogen) atoms. The Hall–Kier alpha value is -5.70. The van der Waals surface area contributed by atoms with Gasteiger partial charge in [0.1, 0.15) is 17.6 Å². The summed E-state index contributed by atoms with van der Waals surface area (Å²) in [5, 5.41) is 12.1. The lowest BCUT2D eigenvalue weighted by molar-refractivity contribution is -0.133. The minimum absolute atomic E-state index is 0.000148. The Morgan fingerprint density at radius 1 is 0.776 bits per heavy atom. The van der Waals surface area contributed by atoms with Gasteiger partial charge >= 0.3 is 0 Å². The van der Waals surface area contributed by atoms with Gasteiger partial charge in [-0.05, 0) is 94.2 Å². The van der Waals surface area contributed by atoms with Crippen LogP contribution < -0.4 is 31.7 Å². The van der Waals surface area contributed by atoms with Crippen molar-refractivity contribution in [1.29, 1.82) is 0 Å². The second-order valence-electron chi connectivity index (χ2n) is 15.9. The number of imide groups is 1. The quantitative estimate of drug-likeness (QED) is 0.161. The van der Waals surface area contributed by atoms with E-state index in [4.69, 9.17) is 0 Å². The van der Waals surface area contributed by atoms with Gasteiger partial charge < -0.3 is 20.9 Å². The smallest absolute Gasteiger partial charge is 0.255 e.